The molecule has 0 fully saturated rings. The van der Waals surface area contributed by atoms with Crippen LogP contribution in [-0.4, -0.2) is 14.8 Å². The summed E-state index contributed by atoms with van der Waals surface area (Å²) in [6.07, 6.45) is 1.90. The smallest absolute Gasteiger partial charge is 0.0727 e. The summed E-state index contributed by atoms with van der Waals surface area (Å²) in [6.45, 7) is 4.79. The van der Waals surface area contributed by atoms with Gasteiger partial charge in [-0.3, -0.25) is 9.67 Å². The molecule has 3 N–H and O–H groups in total. The maximum atomic E-state index is 5.90. The first kappa shape index (κ1) is 13.4. The van der Waals surface area contributed by atoms with E-state index in [0.717, 1.165) is 40.2 Å². The van der Waals surface area contributed by atoms with Gasteiger partial charge in [0, 0.05) is 47.3 Å². The van der Waals surface area contributed by atoms with Gasteiger partial charge in [0.1, 0.15) is 0 Å². The van der Waals surface area contributed by atoms with Gasteiger partial charge >= 0.3 is 0 Å². The molecular weight excluding hydrogens is 262 g/mol. The van der Waals surface area contributed by atoms with Gasteiger partial charge in [0.25, 0.3) is 0 Å². The summed E-state index contributed by atoms with van der Waals surface area (Å²) in [6, 6.07) is 7.84. The second kappa shape index (κ2) is 5.09. The third-order valence-electron chi connectivity index (χ3n) is 3.77. The molecule has 0 bridgehead atoms. The molecule has 3 aromatic rings. The Balaban J connectivity index is 1.96. The van der Waals surface area contributed by atoms with Gasteiger partial charge in [-0.25, -0.2) is 0 Å². The minimum Gasteiger partial charge on any atom is -0.399 e. The van der Waals surface area contributed by atoms with Crippen LogP contribution in [0.25, 0.3) is 10.9 Å². The molecule has 0 saturated carbocycles. The minimum atomic E-state index is 0.729. The second-order valence-corrected chi connectivity index (χ2v) is 5.32. The number of fused-ring (bicyclic) bond motifs is 1. The summed E-state index contributed by atoms with van der Waals surface area (Å²) in [7, 11) is 1.95. The van der Waals surface area contributed by atoms with Crippen LogP contribution in [0, 0.1) is 13.8 Å². The Morgan fingerprint density at radius 1 is 1.24 bits per heavy atom. The lowest BCUT2D eigenvalue weighted by Gasteiger charge is -2.11. The molecular formula is C16H19N5. The van der Waals surface area contributed by atoms with E-state index in [2.05, 4.69) is 22.3 Å². The van der Waals surface area contributed by atoms with Crippen LogP contribution in [0.15, 0.2) is 30.5 Å². The predicted molar refractivity (Wildman–Crippen MR) is 86.2 cm³/mol. The van der Waals surface area contributed by atoms with Crippen LogP contribution in [0.3, 0.4) is 0 Å². The first-order valence-electron chi connectivity index (χ1n) is 6.93. The Bertz CT molecular complexity index is 804. The highest BCUT2D eigenvalue weighted by Gasteiger charge is 2.07. The highest BCUT2D eigenvalue weighted by molar-refractivity contribution is 5.93. The average molecular weight is 281 g/mol. The summed E-state index contributed by atoms with van der Waals surface area (Å²) in [5, 5.41) is 8.79. The van der Waals surface area contributed by atoms with Crippen molar-refractivity contribution in [2.45, 2.75) is 20.4 Å². The summed E-state index contributed by atoms with van der Waals surface area (Å²) in [5.74, 6) is 0. The highest BCUT2D eigenvalue weighted by atomic mass is 15.3. The van der Waals surface area contributed by atoms with Gasteiger partial charge in [-0.15, -0.1) is 0 Å². The fourth-order valence-electron chi connectivity index (χ4n) is 2.43. The van der Waals surface area contributed by atoms with E-state index < -0.39 is 0 Å². The van der Waals surface area contributed by atoms with Crippen molar-refractivity contribution in [1.29, 1.82) is 0 Å². The molecule has 5 nitrogen and oxygen atoms in total. The number of nitrogen functional groups attached to an aromatic ring is 1. The zero-order chi connectivity index (χ0) is 15.0. The molecule has 3 rings (SSSR count). The molecule has 21 heavy (non-hydrogen) atoms. The number of pyridine rings is 1. The fourth-order valence-corrected chi connectivity index (χ4v) is 2.43. The molecule has 0 atom stereocenters. The third-order valence-corrected chi connectivity index (χ3v) is 3.77. The standard InChI is InChI=1S/C16H19N5/c1-10-6-16(14-7-13(17)4-5-15(14)20-10)18-8-12-9-19-21(3)11(12)2/h4-7,9H,8,17H2,1-3H3,(H,18,20). The Morgan fingerprint density at radius 2 is 2.05 bits per heavy atom. The third kappa shape index (κ3) is 2.54. The summed E-state index contributed by atoms with van der Waals surface area (Å²) in [4.78, 5) is 4.54. The number of hydrogen-bond donors (Lipinski definition) is 2. The zero-order valence-electron chi connectivity index (χ0n) is 12.5. The molecule has 0 unspecified atom stereocenters. The minimum absolute atomic E-state index is 0.729. The van der Waals surface area contributed by atoms with Crippen LogP contribution in [0.4, 0.5) is 11.4 Å². The number of nitrogens with two attached hydrogens (primary N) is 1. The molecule has 0 spiro atoms. The molecule has 2 heterocycles. The van der Waals surface area contributed by atoms with Crippen LogP contribution in [0.1, 0.15) is 17.0 Å². The summed E-state index contributed by atoms with van der Waals surface area (Å²) < 4.78 is 1.88. The lowest BCUT2D eigenvalue weighted by Crippen LogP contribution is -2.03. The molecule has 0 saturated heterocycles. The number of aromatic nitrogens is 3. The molecule has 0 aliphatic rings. The van der Waals surface area contributed by atoms with Gasteiger partial charge in [-0.1, -0.05) is 0 Å². The maximum absolute atomic E-state index is 5.90. The fraction of sp³-hybridized carbons (Fsp3) is 0.250. The van der Waals surface area contributed by atoms with E-state index in [1.54, 1.807) is 0 Å². The molecule has 2 aromatic heterocycles. The number of nitrogens with zero attached hydrogens (tertiary/aromatic N) is 3. The Morgan fingerprint density at radius 3 is 2.76 bits per heavy atom. The van der Waals surface area contributed by atoms with E-state index in [1.165, 1.54) is 5.56 Å². The first-order valence-corrected chi connectivity index (χ1v) is 6.93. The van der Waals surface area contributed by atoms with Gasteiger partial charge in [0.15, 0.2) is 0 Å². The van der Waals surface area contributed by atoms with Crippen LogP contribution >= 0.6 is 0 Å². The van der Waals surface area contributed by atoms with Gasteiger partial charge in [-0.05, 0) is 38.1 Å². The van der Waals surface area contributed by atoms with E-state index in [0.29, 0.717) is 0 Å². The van der Waals surface area contributed by atoms with Crippen molar-refractivity contribution in [1.82, 2.24) is 14.8 Å². The molecule has 5 heteroatoms. The quantitative estimate of drug-likeness (QED) is 0.724. The Kier molecular flexibility index (Phi) is 3.25. The van der Waals surface area contributed by atoms with Crippen LogP contribution in [0.2, 0.25) is 0 Å². The maximum Gasteiger partial charge on any atom is 0.0727 e. The van der Waals surface area contributed by atoms with Crippen molar-refractivity contribution in [2.75, 3.05) is 11.1 Å². The van der Waals surface area contributed by atoms with Crippen molar-refractivity contribution in [3.05, 3.63) is 47.4 Å². The molecule has 0 radical (unpaired) electrons. The molecule has 0 aliphatic heterocycles. The van der Waals surface area contributed by atoms with Crippen molar-refractivity contribution in [3.8, 4) is 0 Å². The number of rotatable bonds is 3. The van der Waals surface area contributed by atoms with Gasteiger partial charge in [0.05, 0.1) is 11.7 Å². The van der Waals surface area contributed by atoms with E-state index >= 15 is 0 Å². The zero-order valence-corrected chi connectivity index (χ0v) is 12.5. The van der Waals surface area contributed by atoms with Crippen LogP contribution in [0.5, 0.6) is 0 Å². The SMILES string of the molecule is Cc1cc(NCc2cnn(C)c2C)c2cc(N)ccc2n1. The van der Waals surface area contributed by atoms with Crippen LogP contribution in [-0.2, 0) is 13.6 Å². The number of hydrogen-bond acceptors (Lipinski definition) is 4. The van der Waals surface area contributed by atoms with Crippen molar-refractivity contribution < 1.29 is 0 Å². The number of benzene rings is 1. The van der Waals surface area contributed by atoms with Crippen molar-refractivity contribution in [2.24, 2.45) is 7.05 Å². The molecule has 0 aliphatic carbocycles. The second-order valence-electron chi connectivity index (χ2n) is 5.32. The summed E-state index contributed by atoms with van der Waals surface area (Å²) in [5.41, 5.74) is 12.0. The Labute approximate surface area is 123 Å². The normalized spacial score (nSPS) is 11.0. The Hall–Kier alpha value is -2.56. The van der Waals surface area contributed by atoms with Crippen LogP contribution < -0.4 is 11.1 Å². The number of aryl methyl sites for hydroxylation is 2. The first-order chi connectivity index (χ1) is 10.0. The topological polar surface area (TPSA) is 68.8 Å². The van der Waals surface area contributed by atoms with Crippen molar-refractivity contribution >= 4 is 22.3 Å². The van der Waals surface area contributed by atoms with E-state index in [4.69, 9.17) is 5.73 Å². The van der Waals surface area contributed by atoms with E-state index in [9.17, 15) is 0 Å². The average Bonchev–Trinajstić information content (AvgIpc) is 2.77. The molecule has 1 aromatic carbocycles. The lowest BCUT2D eigenvalue weighted by molar-refractivity contribution is 0.738. The lowest BCUT2D eigenvalue weighted by atomic mass is 10.1. The largest absolute Gasteiger partial charge is 0.399 e. The molecule has 108 valence electrons. The molecule has 0 amide bonds. The number of nitrogens with one attached hydrogen (secondary N) is 1. The van der Waals surface area contributed by atoms with Gasteiger partial charge < -0.3 is 11.1 Å². The van der Waals surface area contributed by atoms with Crippen molar-refractivity contribution in [3.63, 3.8) is 0 Å². The highest BCUT2D eigenvalue weighted by Crippen LogP contribution is 2.26. The van der Waals surface area contributed by atoms with E-state index in [1.807, 2.05) is 49.1 Å². The predicted octanol–water partition coefficient (Wildman–Crippen LogP) is 2.78. The van der Waals surface area contributed by atoms with Gasteiger partial charge in [-0.2, -0.15) is 5.10 Å². The summed E-state index contributed by atoms with van der Waals surface area (Å²) >= 11 is 0. The van der Waals surface area contributed by atoms with E-state index in [-0.39, 0.29) is 0 Å². The van der Waals surface area contributed by atoms with Gasteiger partial charge in [0.2, 0.25) is 0 Å². The monoisotopic (exact) mass is 281 g/mol. The number of anilines is 2.